The molecule has 0 heterocycles. The van der Waals surface area contributed by atoms with Crippen molar-refractivity contribution in [1.82, 2.24) is 5.32 Å². The topological polar surface area (TPSA) is 38.3 Å². The zero-order valence-corrected chi connectivity index (χ0v) is 15.4. The summed E-state index contributed by atoms with van der Waals surface area (Å²) in [6.45, 7) is 1.10. The quantitative estimate of drug-likeness (QED) is 0.561. The van der Waals surface area contributed by atoms with Crippen molar-refractivity contribution in [1.29, 1.82) is 0 Å². The van der Waals surface area contributed by atoms with Crippen molar-refractivity contribution in [2.45, 2.75) is 58.4 Å². The van der Waals surface area contributed by atoms with E-state index < -0.39 is 25.0 Å². The second-order valence-electron chi connectivity index (χ2n) is 5.34. The Labute approximate surface area is 155 Å². The summed E-state index contributed by atoms with van der Waals surface area (Å²) in [6, 6.07) is 0. The summed E-state index contributed by atoms with van der Waals surface area (Å²) in [7, 11) is 0. The van der Waals surface area contributed by atoms with Gasteiger partial charge in [0.15, 0.2) is 0 Å². The molecule has 0 radical (unpaired) electrons. The molecule has 0 unspecified atom stereocenters. The maximum Gasteiger partial charge on any atom is 1.00 e. The second kappa shape index (κ2) is 10.5. The minimum atomic E-state index is -4.65. The van der Waals surface area contributed by atoms with E-state index in [1.165, 1.54) is 0 Å². The molecular formula is C11H22BF3KNO2. The van der Waals surface area contributed by atoms with Crippen LogP contribution in [0.2, 0.25) is 6.32 Å². The Morgan fingerprint density at radius 1 is 1.11 bits per heavy atom. The van der Waals surface area contributed by atoms with Crippen LogP contribution >= 0.6 is 0 Å². The van der Waals surface area contributed by atoms with Crippen molar-refractivity contribution in [3.63, 3.8) is 0 Å². The molecule has 1 amide bonds. The fraction of sp³-hybridized carbons (Fsp3) is 0.909. The number of carbonyl (C=O) groups is 1. The van der Waals surface area contributed by atoms with Gasteiger partial charge in [-0.2, -0.15) is 0 Å². The summed E-state index contributed by atoms with van der Waals surface area (Å²) < 4.78 is 40.7. The van der Waals surface area contributed by atoms with Crippen LogP contribution in [0.5, 0.6) is 0 Å². The predicted molar refractivity (Wildman–Crippen MR) is 66.6 cm³/mol. The fourth-order valence-electron chi connectivity index (χ4n) is 1.36. The first kappa shape index (κ1) is 22.0. The van der Waals surface area contributed by atoms with Gasteiger partial charge >= 0.3 is 64.5 Å². The van der Waals surface area contributed by atoms with Gasteiger partial charge in [-0.3, -0.25) is 0 Å². The smallest absolute Gasteiger partial charge is 0.449 e. The van der Waals surface area contributed by atoms with Gasteiger partial charge in [-0.05, 0) is 27.2 Å². The third-order valence-corrected chi connectivity index (χ3v) is 2.13. The summed E-state index contributed by atoms with van der Waals surface area (Å²) in [4.78, 5) is 11.2. The SMILES string of the molecule is CC(C)(C)OC(=O)NCCCCCC[B-](F)(F)F.[K+]. The number of carbonyl (C=O) groups excluding carboxylic acids is 1. The number of amides is 1. The molecule has 1 N–H and O–H groups in total. The largest absolute Gasteiger partial charge is 1.00 e. The maximum atomic E-state index is 11.9. The number of ether oxygens (including phenoxy) is 1. The van der Waals surface area contributed by atoms with Crippen LogP contribution in [0.1, 0.15) is 46.5 Å². The Morgan fingerprint density at radius 2 is 1.63 bits per heavy atom. The van der Waals surface area contributed by atoms with Crippen LogP contribution in [-0.2, 0) is 4.74 Å². The molecule has 0 aliphatic carbocycles. The summed E-state index contributed by atoms with van der Waals surface area (Å²) in [6.07, 6.45) is 0.916. The van der Waals surface area contributed by atoms with Crippen molar-refractivity contribution in [2.75, 3.05) is 6.54 Å². The third kappa shape index (κ3) is 18.8. The van der Waals surface area contributed by atoms with Crippen LogP contribution in [-0.4, -0.2) is 25.2 Å². The molecular weight excluding hydrogens is 285 g/mol. The van der Waals surface area contributed by atoms with Crippen molar-refractivity contribution < 1.29 is 73.9 Å². The molecule has 0 aliphatic heterocycles. The molecule has 0 atom stereocenters. The molecule has 0 fully saturated rings. The van der Waals surface area contributed by atoms with Crippen LogP contribution in [0, 0.1) is 0 Å². The molecule has 0 saturated carbocycles. The monoisotopic (exact) mass is 307 g/mol. The molecule has 0 bridgehead atoms. The first-order chi connectivity index (χ1) is 8.10. The van der Waals surface area contributed by atoms with E-state index in [1.54, 1.807) is 20.8 Å². The van der Waals surface area contributed by atoms with Crippen molar-refractivity contribution in [2.24, 2.45) is 0 Å². The van der Waals surface area contributed by atoms with Crippen LogP contribution in [0.15, 0.2) is 0 Å². The van der Waals surface area contributed by atoms with E-state index in [1.807, 2.05) is 0 Å². The molecule has 0 aliphatic rings. The molecule has 0 rings (SSSR count). The maximum absolute atomic E-state index is 11.9. The van der Waals surface area contributed by atoms with Crippen molar-refractivity contribution in [3.05, 3.63) is 0 Å². The number of unbranched alkanes of at least 4 members (excludes halogenated alkanes) is 3. The van der Waals surface area contributed by atoms with Gasteiger partial charge in [0.25, 0.3) is 0 Å². The van der Waals surface area contributed by atoms with Gasteiger partial charge in [0.1, 0.15) is 5.60 Å². The Morgan fingerprint density at radius 3 is 2.11 bits per heavy atom. The van der Waals surface area contributed by atoms with E-state index in [9.17, 15) is 17.7 Å². The minimum Gasteiger partial charge on any atom is -0.449 e. The van der Waals surface area contributed by atoms with Gasteiger partial charge in [0, 0.05) is 6.54 Å². The van der Waals surface area contributed by atoms with E-state index in [-0.39, 0.29) is 57.8 Å². The third-order valence-electron chi connectivity index (χ3n) is 2.13. The summed E-state index contributed by atoms with van der Waals surface area (Å²) in [5.41, 5.74) is -0.529. The number of hydrogen-bond donors (Lipinski definition) is 1. The molecule has 3 nitrogen and oxygen atoms in total. The van der Waals surface area contributed by atoms with Crippen molar-refractivity contribution >= 4 is 13.1 Å². The number of alkyl carbamates (subject to hydrolysis) is 1. The van der Waals surface area contributed by atoms with Gasteiger partial charge in [0.2, 0.25) is 0 Å². The first-order valence-electron chi connectivity index (χ1n) is 6.28. The van der Waals surface area contributed by atoms with Gasteiger partial charge in [-0.15, -0.1) is 0 Å². The van der Waals surface area contributed by atoms with E-state index >= 15 is 0 Å². The number of nitrogens with one attached hydrogen (secondary N) is 1. The van der Waals surface area contributed by atoms with Crippen LogP contribution in [0.3, 0.4) is 0 Å². The molecule has 0 aromatic rings. The normalized spacial score (nSPS) is 11.7. The van der Waals surface area contributed by atoms with E-state index in [0.717, 1.165) is 0 Å². The Bertz CT molecular complexity index is 257. The molecule has 0 aromatic heterocycles. The second-order valence-corrected chi connectivity index (χ2v) is 5.34. The van der Waals surface area contributed by atoms with Gasteiger partial charge in [-0.1, -0.05) is 25.6 Å². The first-order valence-corrected chi connectivity index (χ1v) is 6.28. The van der Waals surface area contributed by atoms with Gasteiger partial charge in [-0.25, -0.2) is 4.79 Å². The number of hydrogen-bond acceptors (Lipinski definition) is 2. The van der Waals surface area contributed by atoms with Crippen LogP contribution in [0.25, 0.3) is 0 Å². The van der Waals surface area contributed by atoms with E-state index in [4.69, 9.17) is 4.74 Å². The van der Waals surface area contributed by atoms with E-state index in [2.05, 4.69) is 5.32 Å². The van der Waals surface area contributed by atoms with Crippen LogP contribution < -0.4 is 56.7 Å². The van der Waals surface area contributed by atoms with Gasteiger partial charge in [0.05, 0.1) is 0 Å². The average Bonchev–Trinajstić information content (AvgIpc) is 2.11. The standard InChI is InChI=1S/C11H22BF3NO2.K/c1-11(2,3)18-10(17)16-9-7-5-4-6-8-12(13,14)15;/h4-9H2,1-3H3,(H,16,17);/q-1;+1. The molecule has 108 valence electrons. The molecule has 0 spiro atoms. The zero-order chi connectivity index (χ0) is 14.2. The fourth-order valence-corrected chi connectivity index (χ4v) is 1.36. The molecule has 0 aromatic carbocycles. The Hall–Kier alpha value is 0.761. The number of rotatable bonds is 7. The molecule has 0 saturated heterocycles. The Balaban J connectivity index is 0. The summed E-state index contributed by atoms with van der Waals surface area (Å²) in [5.74, 6) is 0. The van der Waals surface area contributed by atoms with Crippen molar-refractivity contribution in [3.8, 4) is 0 Å². The summed E-state index contributed by atoms with van der Waals surface area (Å²) >= 11 is 0. The molecule has 19 heavy (non-hydrogen) atoms. The summed E-state index contributed by atoms with van der Waals surface area (Å²) in [5, 5.41) is 2.57. The zero-order valence-electron chi connectivity index (χ0n) is 12.3. The van der Waals surface area contributed by atoms with Gasteiger partial charge < -0.3 is 23.0 Å². The minimum absolute atomic E-state index is 0. The number of halogens is 3. The van der Waals surface area contributed by atoms with E-state index in [0.29, 0.717) is 25.8 Å². The predicted octanol–water partition coefficient (Wildman–Crippen LogP) is 0.923. The Kier molecular flexibility index (Phi) is 12.2. The average molecular weight is 307 g/mol. The molecule has 8 heteroatoms. The van der Waals surface area contributed by atoms with Crippen LogP contribution in [0.4, 0.5) is 17.7 Å².